The summed E-state index contributed by atoms with van der Waals surface area (Å²) in [6.07, 6.45) is 1.76. The van der Waals surface area contributed by atoms with Gasteiger partial charge in [0.15, 0.2) is 0 Å². The van der Waals surface area contributed by atoms with Crippen molar-refractivity contribution >= 4 is 51.0 Å². The van der Waals surface area contributed by atoms with Crippen LogP contribution in [0.2, 0.25) is 5.02 Å². The molecule has 0 aliphatic carbocycles. The molecule has 29 heavy (non-hydrogen) atoms. The molecule has 0 aromatic heterocycles. The van der Waals surface area contributed by atoms with Crippen LogP contribution in [0.3, 0.4) is 0 Å². The number of benzene rings is 3. The predicted octanol–water partition coefficient (Wildman–Crippen LogP) is 5.95. The Morgan fingerprint density at radius 2 is 1.79 bits per heavy atom. The Balaban J connectivity index is 1.84. The van der Waals surface area contributed by atoms with Gasteiger partial charge in [-0.1, -0.05) is 57.9 Å². The Bertz CT molecular complexity index is 1140. The molecule has 0 bridgehead atoms. The average molecular weight is 468 g/mol. The van der Waals surface area contributed by atoms with E-state index >= 15 is 0 Å². The molecule has 1 aliphatic heterocycles. The molecule has 0 unspecified atom stereocenters. The summed E-state index contributed by atoms with van der Waals surface area (Å²) in [6.45, 7) is 0. The molecular weight excluding hydrogens is 452 g/mol. The summed E-state index contributed by atoms with van der Waals surface area (Å²) >= 11 is 9.60. The van der Waals surface area contributed by atoms with Crippen molar-refractivity contribution in [3.8, 4) is 5.75 Å². The number of carbonyl (C=O) groups excluding carboxylic acids is 1. The molecule has 4 rings (SSSR count). The van der Waals surface area contributed by atoms with Crippen molar-refractivity contribution in [1.82, 2.24) is 0 Å². The maximum atomic E-state index is 13.3. The van der Waals surface area contributed by atoms with E-state index in [-0.39, 0.29) is 5.91 Å². The summed E-state index contributed by atoms with van der Waals surface area (Å²) in [6, 6.07) is 22.3. The predicted molar refractivity (Wildman–Crippen MR) is 121 cm³/mol. The molecule has 1 amide bonds. The van der Waals surface area contributed by atoms with Gasteiger partial charge in [-0.2, -0.15) is 0 Å². The van der Waals surface area contributed by atoms with Crippen LogP contribution in [0.1, 0.15) is 11.1 Å². The first-order valence-electron chi connectivity index (χ1n) is 8.86. The minimum absolute atomic E-state index is 0.208. The molecule has 3 aromatic carbocycles. The van der Waals surface area contributed by atoms with E-state index < -0.39 is 0 Å². The summed E-state index contributed by atoms with van der Waals surface area (Å²) in [4.78, 5) is 19.6. The zero-order chi connectivity index (χ0) is 20.4. The number of methoxy groups -OCH3 is 1. The third-order valence-electron chi connectivity index (χ3n) is 4.46. The minimum Gasteiger partial charge on any atom is -0.497 e. The summed E-state index contributed by atoms with van der Waals surface area (Å²) in [5.74, 6) is 1.06. The van der Waals surface area contributed by atoms with Gasteiger partial charge in [-0.25, -0.2) is 4.99 Å². The molecule has 0 spiro atoms. The van der Waals surface area contributed by atoms with Gasteiger partial charge < -0.3 is 4.74 Å². The van der Waals surface area contributed by atoms with Crippen LogP contribution in [-0.2, 0) is 4.79 Å². The molecule has 1 heterocycles. The molecular formula is C23H16BrClN2O2. The molecule has 1 aliphatic rings. The number of halogens is 2. The van der Waals surface area contributed by atoms with Crippen molar-refractivity contribution in [2.45, 2.75) is 0 Å². The lowest BCUT2D eigenvalue weighted by molar-refractivity contribution is -0.113. The van der Waals surface area contributed by atoms with Crippen LogP contribution >= 0.6 is 27.5 Å². The number of rotatable bonds is 4. The fourth-order valence-electron chi connectivity index (χ4n) is 3.06. The number of amides is 1. The fraction of sp³-hybridized carbons (Fsp3) is 0.0435. The SMILES string of the molecule is COc1cccc(/C=C2/N=C(c3ccccc3Br)N(c3ccc(Cl)cc3)C2=O)c1. The number of ether oxygens (including phenoxy) is 1. The smallest absolute Gasteiger partial charge is 0.282 e. The van der Waals surface area contributed by atoms with Gasteiger partial charge in [-0.05, 0) is 54.1 Å². The molecule has 3 aromatic rings. The Morgan fingerprint density at radius 3 is 2.52 bits per heavy atom. The molecule has 0 fully saturated rings. The highest BCUT2D eigenvalue weighted by Gasteiger charge is 2.33. The molecule has 0 saturated carbocycles. The van der Waals surface area contributed by atoms with E-state index in [0.717, 1.165) is 21.3 Å². The van der Waals surface area contributed by atoms with Gasteiger partial charge in [0, 0.05) is 15.1 Å². The number of amidine groups is 1. The lowest BCUT2D eigenvalue weighted by atomic mass is 10.1. The molecule has 144 valence electrons. The molecule has 0 radical (unpaired) electrons. The van der Waals surface area contributed by atoms with Crippen LogP contribution in [-0.4, -0.2) is 18.9 Å². The van der Waals surface area contributed by atoms with E-state index in [0.29, 0.717) is 22.2 Å². The molecule has 6 heteroatoms. The number of nitrogens with zero attached hydrogens (tertiary/aromatic N) is 2. The van der Waals surface area contributed by atoms with Crippen LogP contribution in [0.25, 0.3) is 6.08 Å². The van der Waals surface area contributed by atoms with Gasteiger partial charge in [-0.3, -0.25) is 9.69 Å². The van der Waals surface area contributed by atoms with Gasteiger partial charge >= 0.3 is 0 Å². The first kappa shape index (κ1) is 19.4. The van der Waals surface area contributed by atoms with Crippen molar-refractivity contribution in [2.75, 3.05) is 12.0 Å². The Labute approximate surface area is 182 Å². The van der Waals surface area contributed by atoms with Crippen LogP contribution in [0, 0.1) is 0 Å². The second-order valence-corrected chi connectivity index (χ2v) is 7.63. The summed E-state index contributed by atoms with van der Waals surface area (Å²) in [5.41, 5.74) is 2.70. The Morgan fingerprint density at radius 1 is 1.03 bits per heavy atom. The van der Waals surface area contributed by atoms with Crippen molar-refractivity contribution in [1.29, 1.82) is 0 Å². The van der Waals surface area contributed by atoms with Gasteiger partial charge in [-0.15, -0.1) is 0 Å². The zero-order valence-electron chi connectivity index (χ0n) is 15.5. The lowest BCUT2D eigenvalue weighted by Gasteiger charge is -2.19. The van der Waals surface area contributed by atoms with Crippen molar-refractivity contribution in [3.63, 3.8) is 0 Å². The Kier molecular flexibility index (Phi) is 5.51. The van der Waals surface area contributed by atoms with Gasteiger partial charge in [0.25, 0.3) is 5.91 Å². The maximum absolute atomic E-state index is 13.3. The lowest BCUT2D eigenvalue weighted by Crippen LogP contribution is -2.32. The number of carbonyl (C=O) groups is 1. The first-order valence-corrected chi connectivity index (χ1v) is 10.0. The largest absolute Gasteiger partial charge is 0.497 e. The molecule has 0 saturated heterocycles. The highest BCUT2D eigenvalue weighted by Crippen LogP contribution is 2.31. The van der Waals surface area contributed by atoms with Crippen LogP contribution in [0.5, 0.6) is 5.75 Å². The number of anilines is 1. The average Bonchev–Trinajstić information content (AvgIpc) is 3.05. The van der Waals surface area contributed by atoms with Crippen LogP contribution < -0.4 is 9.64 Å². The quantitative estimate of drug-likeness (QED) is 0.445. The maximum Gasteiger partial charge on any atom is 0.282 e. The first-order chi connectivity index (χ1) is 14.1. The van der Waals surface area contributed by atoms with Crippen LogP contribution in [0.4, 0.5) is 5.69 Å². The van der Waals surface area contributed by atoms with E-state index in [2.05, 4.69) is 20.9 Å². The van der Waals surface area contributed by atoms with E-state index in [9.17, 15) is 4.79 Å². The monoisotopic (exact) mass is 466 g/mol. The van der Waals surface area contributed by atoms with Crippen LogP contribution in [0.15, 0.2) is 88.0 Å². The number of hydrogen-bond donors (Lipinski definition) is 0. The topological polar surface area (TPSA) is 41.9 Å². The Hall–Kier alpha value is -2.89. The second-order valence-electron chi connectivity index (χ2n) is 6.34. The normalized spacial score (nSPS) is 15.0. The summed E-state index contributed by atoms with van der Waals surface area (Å²) < 4.78 is 6.13. The summed E-state index contributed by atoms with van der Waals surface area (Å²) in [5, 5.41) is 0.604. The fourth-order valence-corrected chi connectivity index (χ4v) is 3.65. The van der Waals surface area contributed by atoms with Crippen molar-refractivity contribution in [2.24, 2.45) is 4.99 Å². The van der Waals surface area contributed by atoms with E-state index in [4.69, 9.17) is 16.3 Å². The number of hydrogen-bond acceptors (Lipinski definition) is 3. The summed E-state index contributed by atoms with van der Waals surface area (Å²) in [7, 11) is 1.61. The van der Waals surface area contributed by atoms with Gasteiger partial charge in [0.05, 0.1) is 12.8 Å². The van der Waals surface area contributed by atoms with Crippen molar-refractivity contribution < 1.29 is 9.53 Å². The van der Waals surface area contributed by atoms with E-state index in [1.54, 1.807) is 42.4 Å². The van der Waals surface area contributed by atoms with Crippen molar-refractivity contribution in [3.05, 3.63) is 99.1 Å². The standard InChI is InChI=1S/C23H16BrClN2O2/c1-29-18-6-4-5-15(13-18)14-21-23(28)27(17-11-9-16(25)10-12-17)22(26-21)19-7-2-3-8-20(19)24/h2-14H,1H3/b21-14+. The molecule has 0 atom stereocenters. The zero-order valence-corrected chi connectivity index (χ0v) is 17.8. The molecule has 0 N–H and O–H groups in total. The van der Waals surface area contributed by atoms with E-state index in [1.807, 2.05) is 48.5 Å². The van der Waals surface area contributed by atoms with Gasteiger partial charge in [0.1, 0.15) is 17.3 Å². The highest BCUT2D eigenvalue weighted by molar-refractivity contribution is 9.10. The third-order valence-corrected chi connectivity index (χ3v) is 5.40. The molecule has 4 nitrogen and oxygen atoms in total. The third kappa shape index (κ3) is 3.97. The highest BCUT2D eigenvalue weighted by atomic mass is 79.9. The second kappa shape index (κ2) is 8.23. The number of aliphatic imine (C=N–C) groups is 1. The van der Waals surface area contributed by atoms with E-state index in [1.165, 1.54) is 0 Å². The minimum atomic E-state index is -0.208. The van der Waals surface area contributed by atoms with Gasteiger partial charge in [0.2, 0.25) is 0 Å².